The van der Waals surface area contributed by atoms with E-state index in [0.29, 0.717) is 6.54 Å². The van der Waals surface area contributed by atoms with E-state index in [1.165, 1.54) is 5.56 Å². The fraction of sp³-hybridized carbons (Fsp3) is 0.538. The summed E-state index contributed by atoms with van der Waals surface area (Å²) in [6.45, 7) is 5.54. The smallest absolute Gasteiger partial charge is 0.128 e. The first-order valence-electron chi connectivity index (χ1n) is 5.66. The first kappa shape index (κ1) is 11.4. The number of β-amino-alcohol motifs (C(OH)–C–C–N with tert-alkyl or cyclic N) is 1. The van der Waals surface area contributed by atoms with Gasteiger partial charge in [0.2, 0.25) is 0 Å². The van der Waals surface area contributed by atoms with Crippen LogP contribution in [0.2, 0.25) is 0 Å². The number of benzene rings is 1. The summed E-state index contributed by atoms with van der Waals surface area (Å²) in [4.78, 5) is 0. The standard InChI is InChI=1S/C13H19NO2/c1-9-4-5-11(12(16-3)10(9)2)13(15)6-7-14-8-13/h4-5,14-15H,6-8H2,1-3H3. The molecule has 1 aliphatic rings. The Labute approximate surface area is 96.4 Å². The van der Waals surface area contributed by atoms with Crippen LogP contribution in [-0.2, 0) is 5.60 Å². The van der Waals surface area contributed by atoms with E-state index in [1.54, 1.807) is 7.11 Å². The van der Waals surface area contributed by atoms with Crippen LogP contribution in [0.5, 0.6) is 5.75 Å². The maximum atomic E-state index is 10.5. The highest BCUT2D eigenvalue weighted by Crippen LogP contribution is 2.37. The Bertz CT molecular complexity index is 395. The van der Waals surface area contributed by atoms with Gasteiger partial charge in [0.1, 0.15) is 11.4 Å². The van der Waals surface area contributed by atoms with Gasteiger partial charge in [-0.1, -0.05) is 12.1 Å². The molecule has 0 radical (unpaired) electrons. The number of nitrogens with one attached hydrogen (secondary N) is 1. The van der Waals surface area contributed by atoms with Gasteiger partial charge in [-0.05, 0) is 37.9 Å². The first-order chi connectivity index (χ1) is 7.58. The van der Waals surface area contributed by atoms with Crippen molar-refractivity contribution in [3.8, 4) is 5.75 Å². The molecule has 3 nitrogen and oxygen atoms in total. The molecule has 1 aromatic rings. The summed E-state index contributed by atoms with van der Waals surface area (Å²) in [5.41, 5.74) is 2.43. The summed E-state index contributed by atoms with van der Waals surface area (Å²) >= 11 is 0. The number of hydrogen-bond acceptors (Lipinski definition) is 3. The van der Waals surface area contributed by atoms with Crippen molar-refractivity contribution in [3.05, 3.63) is 28.8 Å². The van der Waals surface area contributed by atoms with Gasteiger partial charge in [0.05, 0.1) is 7.11 Å². The fourth-order valence-electron chi connectivity index (χ4n) is 2.33. The van der Waals surface area contributed by atoms with E-state index in [-0.39, 0.29) is 0 Å². The number of hydrogen-bond donors (Lipinski definition) is 2. The predicted molar refractivity (Wildman–Crippen MR) is 63.9 cm³/mol. The van der Waals surface area contributed by atoms with E-state index in [1.807, 2.05) is 19.1 Å². The van der Waals surface area contributed by atoms with Crippen LogP contribution in [0.15, 0.2) is 12.1 Å². The Morgan fingerprint density at radius 1 is 1.38 bits per heavy atom. The predicted octanol–water partition coefficient (Wildman–Crippen LogP) is 1.49. The normalized spacial score (nSPS) is 24.8. The van der Waals surface area contributed by atoms with Crippen LogP contribution < -0.4 is 10.1 Å². The molecule has 2 N–H and O–H groups in total. The Kier molecular flexibility index (Phi) is 2.91. The van der Waals surface area contributed by atoms with Gasteiger partial charge >= 0.3 is 0 Å². The zero-order valence-electron chi connectivity index (χ0n) is 10.1. The molecule has 1 aliphatic heterocycles. The van der Waals surface area contributed by atoms with Gasteiger partial charge in [0.15, 0.2) is 0 Å². The van der Waals surface area contributed by atoms with Crippen LogP contribution in [0.3, 0.4) is 0 Å². The van der Waals surface area contributed by atoms with Crippen LogP contribution in [0.4, 0.5) is 0 Å². The zero-order chi connectivity index (χ0) is 11.8. The third-order valence-electron chi connectivity index (χ3n) is 3.52. The van der Waals surface area contributed by atoms with E-state index in [2.05, 4.69) is 12.2 Å². The van der Waals surface area contributed by atoms with Crippen molar-refractivity contribution < 1.29 is 9.84 Å². The van der Waals surface area contributed by atoms with Crippen LogP contribution >= 0.6 is 0 Å². The Hall–Kier alpha value is -1.06. The SMILES string of the molecule is COc1c(C2(O)CCNC2)ccc(C)c1C. The Morgan fingerprint density at radius 3 is 2.69 bits per heavy atom. The summed E-state index contributed by atoms with van der Waals surface area (Å²) in [6.07, 6.45) is 0.742. The molecule has 1 aromatic carbocycles. The maximum absolute atomic E-state index is 10.5. The number of aliphatic hydroxyl groups is 1. The summed E-state index contributed by atoms with van der Waals surface area (Å²) in [5.74, 6) is 0.825. The number of rotatable bonds is 2. The van der Waals surface area contributed by atoms with Gasteiger partial charge in [0.25, 0.3) is 0 Å². The second-order valence-corrected chi connectivity index (χ2v) is 4.55. The zero-order valence-corrected chi connectivity index (χ0v) is 10.1. The molecule has 1 fully saturated rings. The highest BCUT2D eigenvalue weighted by Gasteiger charge is 2.36. The van der Waals surface area contributed by atoms with E-state index in [0.717, 1.165) is 29.8 Å². The molecule has 0 bridgehead atoms. The molecule has 0 spiro atoms. The highest BCUT2D eigenvalue weighted by molar-refractivity contribution is 5.48. The molecule has 0 aromatic heterocycles. The molecule has 1 atom stereocenters. The molecule has 0 saturated carbocycles. The fourth-order valence-corrected chi connectivity index (χ4v) is 2.33. The molecule has 3 heteroatoms. The summed E-state index contributed by atoms with van der Waals surface area (Å²) < 4.78 is 5.45. The average molecular weight is 221 g/mol. The van der Waals surface area contributed by atoms with Crippen LogP contribution in [-0.4, -0.2) is 25.3 Å². The first-order valence-corrected chi connectivity index (χ1v) is 5.66. The van der Waals surface area contributed by atoms with Crippen LogP contribution in [0, 0.1) is 13.8 Å². The lowest BCUT2D eigenvalue weighted by Crippen LogP contribution is -2.29. The summed E-state index contributed by atoms with van der Waals surface area (Å²) in [6, 6.07) is 4.03. The second kappa shape index (κ2) is 4.07. The third-order valence-corrected chi connectivity index (χ3v) is 3.52. The lowest BCUT2D eigenvalue weighted by molar-refractivity contribution is 0.0559. The van der Waals surface area contributed by atoms with Crippen molar-refractivity contribution in [2.24, 2.45) is 0 Å². The number of methoxy groups -OCH3 is 1. The second-order valence-electron chi connectivity index (χ2n) is 4.55. The maximum Gasteiger partial charge on any atom is 0.128 e. The van der Waals surface area contributed by atoms with E-state index >= 15 is 0 Å². The van der Waals surface area contributed by atoms with Gasteiger partial charge in [-0.15, -0.1) is 0 Å². The van der Waals surface area contributed by atoms with Crippen molar-refractivity contribution >= 4 is 0 Å². The molecule has 1 unspecified atom stereocenters. The molecule has 16 heavy (non-hydrogen) atoms. The highest BCUT2D eigenvalue weighted by atomic mass is 16.5. The topological polar surface area (TPSA) is 41.5 Å². The van der Waals surface area contributed by atoms with Crippen molar-refractivity contribution in [3.63, 3.8) is 0 Å². The number of ether oxygens (including phenoxy) is 1. The van der Waals surface area contributed by atoms with Crippen molar-refractivity contribution in [2.75, 3.05) is 20.2 Å². The van der Waals surface area contributed by atoms with E-state index in [4.69, 9.17) is 4.74 Å². The lowest BCUT2D eigenvalue weighted by atomic mass is 9.89. The van der Waals surface area contributed by atoms with Gasteiger partial charge < -0.3 is 15.2 Å². The van der Waals surface area contributed by atoms with Gasteiger partial charge in [-0.3, -0.25) is 0 Å². The lowest BCUT2D eigenvalue weighted by Gasteiger charge is -2.25. The molecule has 0 amide bonds. The molecule has 1 saturated heterocycles. The average Bonchev–Trinajstić information content (AvgIpc) is 2.70. The van der Waals surface area contributed by atoms with E-state index < -0.39 is 5.60 Å². The summed E-state index contributed by atoms with van der Waals surface area (Å²) in [7, 11) is 1.66. The quantitative estimate of drug-likeness (QED) is 0.795. The molecule has 2 rings (SSSR count). The Balaban J connectivity index is 2.52. The van der Waals surface area contributed by atoms with Gasteiger partial charge in [-0.25, -0.2) is 0 Å². The van der Waals surface area contributed by atoms with E-state index in [9.17, 15) is 5.11 Å². The molecule has 88 valence electrons. The molecule has 0 aliphatic carbocycles. The Morgan fingerprint density at radius 2 is 2.12 bits per heavy atom. The van der Waals surface area contributed by atoms with Gasteiger partial charge in [0, 0.05) is 12.1 Å². The summed E-state index contributed by atoms with van der Waals surface area (Å²) in [5, 5.41) is 13.7. The minimum Gasteiger partial charge on any atom is -0.496 e. The van der Waals surface area contributed by atoms with Crippen LogP contribution in [0.1, 0.15) is 23.1 Å². The van der Waals surface area contributed by atoms with Crippen molar-refractivity contribution in [2.45, 2.75) is 25.9 Å². The largest absolute Gasteiger partial charge is 0.496 e. The third kappa shape index (κ3) is 1.70. The minimum atomic E-state index is -0.774. The molecular weight excluding hydrogens is 202 g/mol. The van der Waals surface area contributed by atoms with Crippen molar-refractivity contribution in [1.29, 1.82) is 0 Å². The monoisotopic (exact) mass is 221 g/mol. The number of aryl methyl sites for hydroxylation is 1. The van der Waals surface area contributed by atoms with Crippen molar-refractivity contribution in [1.82, 2.24) is 5.32 Å². The van der Waals surface area contributed by atoms with Crippen LogP contribution in [0.25, 0.3) is 0 Å². The molecule has 1 heterocycles. The minimum absolute atomic E-state index is 0.603. The van der Waals surface area contributed by atoms with Gasteiger partial charge in [-0.2, -0.15) is 0 Å². The molecular formula is C13H19NO2.